The normalized spacial score (nSPS) is 11.0. The number of benzene rings is 2. The molecular formula is C22H23F2N3O2. The summed E-state index contributed by atoms with van der Waals surface area (Å²) < 4.78 is 34.5. The van der Waals surface area contributed by atoms with E-state index in [0.717, 1.165) is 5.56 Å². The van der Waals surface area contributed by atoms with Gasteiger partial charge in [0.2, 0.25) is 11.8 Å². The summed E-state index contributed by atoms with van der Waals surface area (Å²) in [6, 6.07) is 11.6. The number of hydrogen-bond acceptors (Lipinski definition) is 3. The van der Waals surface area contributed by atoms with Gasteiger partial charge in [0, 0.05) is 24.1 Å². The lowest BCUT2D eigenvalue weighted by molar-refractivity contribution is -0.121. The van der Waals surface area contributed by atoms with Gasteiger partial charge in [0.05, 0.1) is 11.4 Å². The van der Waals surface area contributed by atoms with Crippen molar-refractivity contribution in [1.82, 2.24) is 15.1 Å². The SMILES string of the molecule is Cc1nn(-c2ccc(F)cc2)c(Oc2cccc(F)c2)c1CCC(=O)NC(C)C. The van der Waals surface area contributed by atoms with Crippen LogP contribution in [0.1, 0.15) is 31.5 Å². The molecule has 0 radical (unpaired) electrons. The second kappa shape index (κ2) is 8.86. The molecule has 0 unspecified atom stereocenters. The maximum absolute atomic E-state index is 13.6. The lowest BCUT2D eigenvalue weighted by Crippen LogP contribution is -2.30. The first-order chi connectivity index (χ1) is 13.8. The number of amides is 1. The van der Waals surface area contributed by atoms with Crippen molar-refractivity contribution in [2.75, 3.05) is 0 Å². The summed E-state index contributed by atoms with van der Waals surface area (Å²) in [4.78, 5) is 12.1. The molecule has 0 aliphatic heterocycles. The molecule has 0 bridgehead atoms. The molecule has 5 nitrogen and oxygen atoms in total. The molecule has 2 aromatic carbocycles. The van der Waals surface area contributed by atoms with Crippen LogP contribution in [0, 0.1) is 18.6 Å². The summed E-state index contributed by atoms with van der Waals surface area (Å²) in [7, 11) is 0. The Balaban J connectivity index is 1.97. The number of nitrogens with one attached hydrogen (secondary N) is 1. The number of rotatable bonds is 7. The Morgan fingerprint density at radius 2 is 1.86 bits per heavy atom. The minimum atomic E-state index is -0.426. The van der Waals surface area contributed by atoms with E-state index in [0.29, 0.717) is 29.4 Å². The van der Waals surface area contributed by atoms with Gasteiger partial charge in [-0.25, -0.2) is 13.5 Å². The molecule has 7 heteroatoms. The van der Waals surface area contributed by atoms with Gasteiger partial charge in [-0.05, 0) is 63.6 Å². The highest BCUT2D eigenvalue weighted by molar-refractivity contribution is 5.76. The van der Waals surface area contributed by atoms with Gasteiger partial charge < -0.3 is 10.1 Å². The molecule has 1 heterocycles. The molecular weight excluding hydrogens is 376 g/mol. The Bertz CT molecular complexity index is 998. The summed E-state index contributed by atoms with van der Waals surface area (Å²) >= 11 is 0. The first-order valence-electron chi connectivity index (χ1n) is 9.40. The fourth-order valence-electron chi connectivity index (χ4n) is 2.96. The van der Waals surface area contributed by atoms with Crippen molar-refractivity contribution >= 4 is 5.91 Å². The van der Waals surface area contributed by atoms with Crippen LogP contribution in [-0.2, 0) is 11.2 Å². The molecule has 1 amide bonds. The molecule has 0 atom stereocenters. The van der Waals surface area contributed by atoms with Crippen molar-refractivity contribution in [1.29, 1.82) is 0 Å². The monoisotopic (exact) mass is 399 g/mol. The first-order valence-corrected chi connectivity index (χ1v) is 9.40. The lowest BCUT2D eigenvalue weighted by atomic mass is 10.1. The Morgan fingerprint density at radius 1 is 1.14 bits per heavy atom. The van der Waals surface area contributed by atoms with E-state index in [-0.39, 0.29) is 24.2 Å². The van der Waals surface area contributed by atoms with Crippen LogP contribution in [0.15, 0.2) is 48.5 Å². The summed E-state index contributed by atoms with van der Waals surface area (Å²) in [5.41, 5.74) is 2.01. The Kier molecular flexibility index (Phi) is 6.26. The maximum atomic E-state index is 13.6. The Morgan fingerprint density at radius 3 is 2.52 bits per heavy atom. The highest BCUT2D eigenvalue weighted by Crippen LogP contribution is 2.31. The zero-order valence-corrected chi connectivity index (χ0v) is 16.6. The molecule has 29 heavy (non-hydrogen) atoms. The molecule has 152 valence electrons. The average molecular weight is 399 g/mol. The number of aryl methyl sites for hydroxylation is 1. The number of carbonyl (C=O) groups is 1. The van der Waals surface area contributed by atoms with E-state index in [4.69, 9.17) is 4.74 Å². The maximum Gasteiger partial charge on any atom is 0.226 e. The molecule has 1 N–H and O–H groups in total. The Labute approximate surface area is 168 Å². The molecule has 3 aromatic rings. The van der Waals surface area contributed by atoms with E-state index >= 15 is 0 Å². The van der Waals surface area contributed by atoms with Crippen molar-refractivity contribution in [3.63, 3.8) is 0 Å². The van der Waals surface area contributed by atoms with E-state index < -0.39 is 5.82 Å². The topological polar surface area (TPSA) is 56.2 Å². The van der Waals surface area contributed by atoms with Gasteiger partial charge >= 0.3 is 0 Å². The van der Waals surface area contributed by atoms with E-state index in [1.54, 1.807) is 24.3 Å². The molecule has 1 aromatic heterocycles. The average Bonchev–Trinajstić information content (AvgIpc) is 2.95. The van der Waals surface area contributed by atoms with Gasteiger partial charge in [-0.3, -0.25) is 4.79 Å². The van der Waals surface area contributed by atoms with Crippen LogP contribution in [0.4, 0.5) is 8.78 Å². The van der Waals surface area contributed by atoms with Gasteiger partial charge in [-0.1, -0.05) is 6.07 Å². The van der Waals surface area contributed by atoms with Crippen LogP contribution in [-0.4, -0.2) is 21.7 Å². The highest BCUT2D eigenvalue weighted by atomic mass is 19.1. The van der Waals surface area contributed by atoms with Gasteiger partial charge in [0.15, 0.2) is 0 Å². The molecule has 3 rings (SSSR count). The van der Waals surface area contributed by atoms with Crippen LogP contribution >= 0.6 is 0 Å². The summed E-state index contributed by atoms with van der Waals surface area (Å²) in [6.07, 6.45) is 0.657. The van der Waals surface area contributed by atoms with Crippen molar-refractivity contribution in [2.45, 2.75) is 39.7 Å². The third-order valence-electron chi connectivity index (χ3n) is 4.27. The van der Waals surface area contributed by atoms with Gasteiger partial charge in [-0.15, -0.1) is 0 Å². The predicted octanol–water partition coefficient (Wildman–Crippen LogP) is 4.71. The molecule has 0 aliphatic rings. The zero-order chi connectivity index (χ0) is 21.0. The fraction of sp³-hybridized carbons (Fsp3) is 0.273. The highest BCUT2D eigenvalue weighted by Gasteiger charge is 2.20. The summed E-state index contributed by atoms with van der Waals surface area (Å²) in [6.45, 7) is 5.61. The van der Waals surface area contributed by atoms with Crippen molar-refractivity contribution < 1.29 is 18.3 Å². The van der Waals surface area contributed by atoms with Crippen LogP contribution in [0.2, 0.25) is 0 Å². The third-order valence-corrected chi connectivity index (χ3v) is 4.27. The molecule has 0 fully saturated rings. The first kappa shape index (κ1) is 20.5. The third kappa shape index (κ3) is 5.19. The van der Waals surface area contributed by atoms with Crippen molar-refractivity contribution in [3.05, 3.63) is 71.4 Å². The predicted molar refractivity (Wildman–Crippen MR) is 106 cm³/mol. The molecule has 0 saturated heterocycles. The summed E-state index contributed by atoms with van der Waals surface area (Å²) in [5.74, 6) is -0.190. The smallest absolute Gasteiger partial charge is 0.226 e. The fourth-order valence-corrected chi connectivity index (χ4v) is 2.96. The van der Waals surface area contributed by atoms with E-state index in [2.05, 4.69) is 10.4 Å². The zero-order valence-electron chi connectivity index (χ0n) is 16.6. The number of halogens is 2. The Hall–Kier alpha value is -3.22. The quantitative estimate of drug-likeness (QED) is 0.626. The number of carbonyl (C=O) groups excluding carboxylic acids is 1. The minimum Gasteiger partial charge on any atom is -0.439 e. The van der Waals surface area contributed by atoms with Crippen LogP contribution < -0.4 is 10.1 Å². The number of aromatic nitrogens is 2. The lowest BCUT2D eigenvalue weighted by Gasteiger charge is -2.12. The number of ether oxygens (including phenoxy) is 1. The number of nitrogens with zero attached hydrogens (tertiary/aromatic N) is 2. The van der Waals surface area contributed by atoms with Crippen LogP contribution in [0.3, 0.4) is 0 Å². The summed E-state index contributed by atoms with van der Waals surface area (Å²) in [5, 5.41) is 7.37. The second-order valence-electron chi connectivity index (χ2n) is 7.04. The van der Waals surface area contributed by atoms with Crippen molar-refractivity contribution in [2.24, 2.45) is 0 Å². The molecule has 0 spiro atoms. The van der Waals surface area contributed by atoms with Crippen LogP contribution in [0.5, 0.6) is 11.6 Å². The standard InChI is InChI=1S/C22H23F2N3O2/c1-14(2)25-21(28)12-11-20-15(3)26-27(18-9-7-16(23)8-10-18)22(20)29-19-6-4-5-17(24)13-19/h4-10,13-14H,11-12H2,1-3H3,(H,25,28). The largest absolute Gasteiger partial charge is 0.439 e. The minimum absolute atomic E-state index is 0.0496. The molecule has 0 aliphatic carbocycles. The van der Waals surface area contributed by atoms with Gasteiger partial charge in [-0.2, -0.15) is 5.10 Å². The van der Waals surface area contributed by atoms with Gasteiger partial charge in [0.1, 0.15) is 17.4 Å². The second-order valence-corrected chi connectivity index (χ2v) is 7.04. The van der Waals surface area contributed by atoms with E-state index in [1.165, 1.54) is 28.9 Å². The van der Waals surface area contributed by atoms with E-state index in [1.807, 2.05) is 20.8 Å². The molecule has 0 saturated carbocycles. The van der Waals surface area contributed by atoms with Crippen molar-refractivity contribution in [3.8, 4) is 17.3 Å². The van der Waals surface area contributed by atoms with Gasteiger partial charge in [0.25, 0.3) is 0 Å². The van der Waals surface area contributed by atoms with Crippen LogP contribution in [0.25, 0.3) is 5.69 Å². The van der Waals surface area contributed by atoms with E-state index in [9.17, 15) is 13.6 Å². The number of hydrogen-bond donors (Lipinski definition) is 1.